The number of nitrogens with zero attached hydrogens (tertiary/aromatic N) is 4. The number of para-hydroxylation sites is 4. The fourth-order valence-electron chi connectivity index (χ4n) is 7.55. The summed E-state index contributed by atoms with van der Waals surface area (Å²) in [6.07, 6.45) is 0. The molecule has 0 saturated heterocycles. The van der Waals surface area contributed by atoms with E-state index in [1.54, 1.807) is 0 Å². The first-order valence-electron chi connectivity index (χ1n) is 16.7. The van der Waals surface area contributed by atoms with Gasteiger partial charge in [0.05, 0.1) is 50.2 Å². The summed E-state index contributed by atoms with van der Waals surface area (Å²) in [5.74, 6) is 0. The number of aromatic nitrogens is 4. The van der Waals surface area contributed by atoms with Crippen molar-refractivity contribution >= 4 is 43.9 Å². The molecule has 0 aliphatic heterocycles. The van der Waals surface area contributed by atoms with E-state index in [9.17, 15) is 0 Å². The second-order valence-corrected chi connectivity index (χ2v) is 12.4. The summed E-state index contributed by atoms with van der Waals surface area (Å²) in [6.45, 7) is 0. The molecule has 4 heteroatoms. The zero-order valence-corrected chi connectivity index (χ0v) is 26.6. The molecule has 4 nitrogen and oxygen atoms in total. The Morgan fingerprint density at radius 3 is 1.14 bits per heavy atom. The molecule has 49 heavy (non-hydrogen) atoms. The van der Waals surface area contributed by atoms with Crippen molar-refractivity contribution in [3.63, 3.8) is 0 Å². The SMILES string of the molecule is c1ccc(-c2cc(-n3c4ccccc4c4c3c3c(c5ccccc5n3-c3ccccc3)n4-c3ccccc3)cc(-c3ccccc3)n2)cc1. The summed E-state index contributed by atoms with van der Waals surface area (Å²) in [6, 6.07) is 64.6. The zero-order valence-electron chi connectivity index (χ0n) is 26.6. The van der Waals surface area contributed by atoms with Gasteiger partial charge in [0, 0.05) is 33.3 Å². The van der Waals surface area contributed by atoms with Crippen LogP contribution in [-0.2, 0) is 0 Å². The highest BCUT2D eigenvalue weighted by atomic mass is 15.1. The first kappa shape index (κ1) is 27.5. The minimum Gasteiger partial charge on any atom is -0.306 e. The van der Waals surface area contributed by atoms with Gasteiger partial charge < -0.3 is 13.7 Å². The van der Waals surface area contributed by atoms with E-state index in [0.29, 0.717) is 0 Å². The number of hydrogen-bond donors (Lipinski definition) is 0. The van der Waals surface area contributed by atoms with Gasteiger partial charge in [0.2, 0.25) is 0 Å². The molecule has 0 amide bonds. The molecule has 0 atom stereocenters. The number of hydrogen-bond acceptors (Lipinski definition) is 1. The van der Waals surface area contributed by atoms with E-state index in [-0.39, 0.29) is 0 Å². The maximum atomic E-state index is 5.24. The molecule has 0 spiro atoms. The monoisotopic (exact) mass is 626 g/mol. The normalized spacial score (nSPS) is 11.7. The van der Waals surface area contributed by atoms with Gasteiger partial charge in [0.1, 0.15) is 0 Å². The van der Waals surface area contributed by atoms with E-state index >= 15 is 0 Å². The minimum absolute atomic E-state index is 0.935. The second-order valence-electron chi connectivity index (χ2n) is 12.4. The Morgan fingerprint density at radius 1 is 0.306 bits per heavy atom. The van der Waals surface area contributed by atoms with Crippen molar-refractivity contribution in [2.24, 2.45) is 0 Å². The highest BCUT2D eigenvalue weighted by Crippen LogP contribution is 2.45. The van der Waals surface area contributed by atoms with Crippen LogP contribution in [0.5, 0.6) is 0 Å². The van der Waals surface area contributed by atoms with Gasteiger partial charge >= 0.3 is 0 Å². The first-order valence-corrected chi connectivity index (χ1v) is 16.7. The number of fused-ring (bicyclic) bond motifs is 7. The number of rotatable bonds is 5. The van der Waals surface area contributed by atoms with Crippen LogP contribution in [-0.4, -0.2) is 18.7 Å². The molecule has 10 aromatic rings. The van der Waals surface area contributed by atoms with Crippen molar-refractivity contribution < 1.29 is 0 Å². The molecule has 0 bridgehead atoms. The van der Waals surface area contributed by atoms with Crippen molar-refractivity contribution in [2.75, 3.05) is 0 Å². The highest BCUT2D eigenvalue weighted by Gasteiger charge is 2.28. The van der Waals surface area contributed by atoms with Crippen molar-refractivity contribution in [1.29, 1.82) is 0 Å². The molecule has 0 saturated carbocycles. The van der Waals surface area contributed by atoms with Gasteiger partial charge in [-0.15, -0.1) is 0 Å². The van der Waals surface area contributed by atoms with Crippen LogP contribution in [0.15, 0.2) is 182 Å². The Hall–Kier alpha value is -6.65. The summed E-state index contributed by atoms with van der Waals surface area (Å²) >= 11 is 0. The predicted octanol–water partition coefficient (Wildman–Crippen LogP) is 11.4. The number of pyridine rings is 1. The lowest BCUT2D eigenvalue weighted by molar-refractivity contribution is 1.14. The Morgan fingerprint density at radius 2 is 0.673 bits per heavy atom. The smallest absolute Gasteiger partial charge is 0.0975 e. The van der Waals surface area contributed by atoms with Gasteiger partial charge in [-0.3, -0.25) is 0 Å². The fraction of sp³-hybridized carbons (Fsp3) is 0. The lowest BCUT2D eigenvalue weighted by Gasteiger charge is -2.14. The van der Waals surface area contributed by atoms with Gasteiger partial charge in [-0.2, -0.15) is 0 Å². The van der Waals surface area contributed by atoms with Gasteiger partial charge in [0.15, 0.2) is 0 Å². The van der Waals surface area contributed by atoms with E-state index in [1.165, 1.54) is 32.8 Å². The molecule has 4 heterocycles. The van der Waals surface area contributed by atoms with Crippen LogP contribution in [0.25, 0.3) is 83.4 Å². The maximum Gasteiger partial charge on any atom is 0.0975 e. The van der Waals surface area contributed by atoms with Gasteiger partial charge in [-0.25, -0.2) is 4.98 Å². The van der Waals surface area contributed by atoms with E-state index in [2.05, 4.69) is 196 Å². The van der Waals surface area contributed by atoms with Crippen LogP contribution in [0.3, 0.4) is 0 Å². The topological polar surface area (TPSA) is 27.7 Å². The van der Waals surface area contributed by atoms with Crippen LogP contribution in [0.4, 0.5) is 0 Å². The van der Waals surface area contributed by atoms with Crippen LogP contribution in [0, 0.1) is 0 Å². The lowest BCUT2D eigenvalue weighted by Crippen LogP contribution is -2.00. The summed E-state index contributed by atoms with van der Waals surface area (Å²) < 4.78 is 7.38. The summed E-state index contributed by atoms with van der Waals surface area (Å²) in [5, 5.41) is 2.40. The van der Waals surface area contributed by atoms with Crippen molar-refractivity contribution in [1.82, 2.24) is 18.7 Å². The molecule has 0 aliphatic carbocycles. The molecule has 6 aromatic carbocycles. The average molecular weight is 627 g/mol. The highest BCUT2D eigenvalue weighted by molar-refractivity contribution is 6.25. The average Bonchev–Trinajstić information content (AvgIpc) is 3.81. The molecule has 0 radical (unpaired) electrons. The van der Waals surface area contributed by atoms with Crippen LogP contribution >= 0.6 is 0 Å². The fourth-order valence-corrected chi connectivity index (χ4v) is 7.55. The van der Waals surface area contributed by atoms with Gasteiger partial charge in [0.25, 0.3) is 0 Å². The third kappa shape index (κ3) is 4.21. The molecule has 0 aliphatic rings. The minimum atomic E-state index is 0.935. The Labute approximate surface area is 283 Å². The lowest BCUT2D eigenvalue weighted by atomic mass is 10.1. The molecular weight excluding hydrogens is 597 g/mol. The van der Waals surface area contributed by atoms with Crippen molar-refractivity contribution in [3.8, 4) is 39.6 Å². The first-order chi connectivity index (χ1) is 24.3. The van der Waals surface area contributed by atoms with Crippen molar-refractivity contribution in [2.45, 2.75) is 0 Å². The number of benzene rings is 6. The summed E-state index contributed by atoms with van der Waals surface area (Å²) in [5.41, 5.74) is 14.4. The second kappa shape index (κ2) is 11.0. The molecule has 230 valence electrons. The van der Waals surface area contributed by atoms with Crippen LogP contribution in [0.1, 0.15) is 0 Å². The van der Waals surface area contributed by atoms with E-state index in [0.717, 1.165) is 50.6 Å². The Balaban J connectivity index is 1.44. The largest absolute Gasteiger partial charge is 0.306 e. The standard InChI is InChI=1S/C45H30N4/c1-5-17-31(18-6-1)38-29-35(30-39(46-38)32-19-7-2-8-20-32)48-41-28-16-14-26-37(41)43-45(48)44-42(49(43)34-23-11-4-12-24-34)36-25-13-15-27-40(36)47(44)33-21-9-3-10-22-33/h1-30H. The molecule has 4 aromatic heterocycles. The van der Waals surface area contributed by atoms with E-state index < -0.39 is 0 Å². The van der Waals surface area contributed by atoms with Gasteiger partial charge in [-0.1, -0.05) is 133 Å². The molecule has 0 fully saturated rings. The molecule has 10 rings (SSSR count). The summed E-state index contributed by atoms with van der Waals surface area (Å²) in [7, 11) is 0. The third-order valence-corrected chi connectivity index (χ3v) is 9.60. The predicted molar refractivity (Wildman–Crippen MR) is 203 cm³/mol. The Bertz CT molecular complexity index is 2730. The summed E-state index contributed by atoms with van der Waals surface area (Å²) in [4.78, 5) is 5.24. The van der Waals surface area contributed by atoms with Crippen molar-refractivity contribution in [3.05, 3.63) is 182 Å². The Kier molecular flexibility index (Phi) is 6.15. The molecular formula is C45H30N4. The molecule has 0 N–H and O–H groups in total. The zero-order chi connectivity index (χ0) is 32.3. The maximum absolute atomic E-state index is 5.24. The quantitative estimate of drug-likeness (QED) is 0.187. The molecule has 0 unspecified atom stereocenters. The van der Waals surface area contributed by atoms with Gasteiger partial charge in [-0.05, 0) is 48.5 Å². The third-order valence-electron chi connectivity index (χ3n) is 9.60. The van der Waals surface area contributed by atoms with Crippen LogP contribution in [0.2, 0.25) is 0 Å². The van der Waals surface area contributed by atoms with E-state index in [4.69, 9.17) is 4.98 Å². The van der Waals surface area contributed by atoms with Crippen LogP contribution < -0.4 is 0 Å². The van der Waals surface area contributed by atoms with E-state index in [1.807, 2.05) is 0 Å².